The highest BCUT2D eigenvalue weighted by Gasteiger charge is 2.35. The van der Waals surface area contributed by atoms with E-state index in [2.05, 4.69) is 18.7 Å². The maximum atomic E-state index is 14.0. The Morgan fingerprint density at radius 1 is 1.30 bits per heavy atom. The van der Waals surface area contributed by atoms with E-state index in [1.54, 1.807) is 25.3 Å². The number of methoxy groups -OCH3 is 1. The molecule has 23 heavy (non-hydrogen) atoms. The van der Waals surface area contributed by atoms with Gasteiger partial charge in [0.15, 0.2) is 0 Å². The summed E-state index contributed by atoms with van der Waals surface area (Å²) in [5, 5.41) is 9.57. The Labute approximate surface area is 136 Å². The van der Waals surface area contributed by atoms with E-state index in [4.69, 9.17) is 4.74 Å². The van der Waals surface area contributed by atoms with E-state index in [-0.39, 0.29) is 11.1 Å². The van der Waals surface area contributed by atoms with Crippen LogP contribution in [0.2, 0.25) is 0 Å². The van der Waals surface area contributed by atoms with E-state index >= 15 is 0 Å². The van der Waals surface area contributed by atoms with Gasteiger partial charge in [-0.05, 0) is 19.9 Å². The third kappa shape index (κ3) is 4.07. The number of carboxylic acid groups (broad SMARTS) is 1. The van der Waals surface area contributed by atoms with Crippen LogP contribution in [0.3, 0.4) is 0 Å². The molecule has 0 aliphatic carbocycles. The molecule has 1 heterocycles. The van der Waals surface area contributed by atoms with Crippen molar-refractivity contribution < 1.29 is 19.0 Å². The fourth-order valence-electron chi connectivity index (χ4n) is 3.21. The topological polar surface area (TPSA) is 53.0 Å². The van der Waals surface area contributed by atoms with Gasteiger partial charge in [-0.2, -0.15) is 0 Å². The van der Waals surface area contributed by atoms with Gasteiger partial charge in [0.25, 0.3) is 0 Å². The van der Waals surface area contributed by atoms with Crippen molar-refractivity contribution >= 4 is 5.97 Å². The number of hydrogen-bond acceptors (Lipinski definition) is 4. The predicted molar refractivity (Wildman–Crippen MR) is 85.9 cm³/mol. The molecule has 0 radical (unpaired) electrons. The van der Waals surface area contributed by atoms with E-state index in [9.17, 15) is 14.3 Å². The molecule has 6 heteroatoms. The third-order valence-electron chi connectivity index (χ3n) is 4.47. The molecule has 0 spiro atoms. The highest BCUT2D eigenvalue weighted by atomic mass is 19.1. The monoisotopic (exact) mass is 324 g/mol. The van der Waals surface area contributed by atoms with Crippen LogP contribution >= 0.6 is 0 Å². The van der Waals surface area contributed by atoms with Gasteiger partial charge in [0.2, 0.25) is 0 Å². The van der Waals surface area contributed by atoms with Crippen LogP contribution in [-0.4, -0.2) is 66.3 Å². The van der Waals surface area contributed by atoms with Crippen LogP contribution in [0.1, 0.15) is 25.5 Å². The second kappa shape index (κ2) is 7.38. The lowest BCUT2D eigenvalue weighted by Crippen LogP contribution is -2.57. The van der Waals surface area contributed by atoms with Crippen LogP contribution in [0.4, 0.5) is 4.39 Å². The minimum Gasteiger partial charge on any atom is -0.480 e. The molecule has 1 aliphatic heterocycles. The fourth-order valence-corrected chi connectivity index (χ4v) is 3.21. The van der Waals surface area contributed by atoms with Crippen molar-refractivity contribution in [2.24, 2.45) is 0 Å². The Kier molecular flexibility index (Phi) is 5.73. The van der Waals surface area contributed by atoms with Crippen LogP contribution in [0.25, 0.3) is 0 Å². The van der Waals surface area contributed by atoms with E-state index in [0.717, 1.165) is 13.1 Å². The smallest absolute Gasteiger partial charge is 0.325 e. The van der Waals surface area contributed by atoms with Gasteiger partial charge in [-0.25, -0.2) is 4.39 Å². The van der Waals surface area contributed by atoms with Gasteiger partial charge in [-0.1, -0.05) is 18.2 Å². The van der Waals surface area contributed by atoms with Crippen LogP contribution in [-0.2, 0) is 9.53 Å². The number of benzene rings is 1. The molecular weight excluding hydrogens is 299 g/mol. The van der Waals surface area contributed by atoms with Gasteiger partial charge < -0.3 is 9.84 Å². The Bertz CT molecular complexity index is 542. The van der Waals surface area contributed by atoms with E-state index in [1.807, 2.05) is 4.90 Å². The Morgan fingerprint density at radius 3 is 2.43 bits per heavy atom. The molecule has 0 saturated carbocycles. The van der Waals surface area contributed by atoms with Gasteiger partial charge in [0.05, 0.1) is 6.61 Å². The number of nitrogens with zero attached hydrogens (tertiary/aromatic N) is 2. The second-order valence-electron chi connectivity index (χ2n) is 6.53. The fraction of sp³-hybridized carbons (Fsp3) is 0.588. The van der Waals surface area contributed by atoms with Crippen molar-refractivity contribution in [2.45, 2.75) is 25.4 Å². The van der Waals surface area contributed by atoms with Gasteiger partial charge in [-0.15, -0.1) is 0 Å². The number of halogens is 1. The molecule has 1 unspecified atom stereocenters. The number of carbonyl (C=O) groups is 1. The quantitative estimate of drug-likeness (QED) is 0.867. The summed E-state index contributed by atoms with van der Waals surface area (Å²) in [4.78, 5) is 15.8. The molecule has 0 bridgehead atoms. The Morgan fingerprint density at radius 2 is 1.91 bits per heavy atom. The minimum atomic E-state index is -1.01. The lowest BCUT2D eigenvalue weighted by molar-refractivity contribution is -0.145. The zero-order chi connectivity index (χ0) is 17.0. The molecule has 1 atom stereocenters. The average molecular weight is 324 g/mol. The summed E-state index contributed by atoms with van der Waals surface area (Å²) < 4.78 is 19.3. The zero-order valence-electron chi connectivity index (χ0n) is 14.0. The molecule has 1 aliphatic rings. The second-order valence-corrected chi connectivity index (χ2v) is 6.53. The van der Waals surface area contributed by atoms with Crippen molar-refractivity contribution in [3.8, 4) is 0 Å². The summed E-state index contributed by atoms with van der Waals surface area (Å²) >= 11 is 0. The largest absolute Gasteiger partial charge is 0.480 e. The Balaban J connectivity index is 2.10. The normalized spacial score (nSPS) is 18.8. The minimum absolute atomic E-state index is 0.0996. The van der Waals surface area contributed by atoms with Crippen molar-refractivity contribution in [1.82, 2.24) is 9.80 Å². The number of hydrogen-bond donors (Lipinski definition) is 1. The molecule has 1 N–H and O–H groups in total. The third-order valence-corrected chi connectivity index (χ3v) is 4.47. The van der Waals surface area contributed by atoms with Crippen molar-refractivity contribution in [1.29, 1.82) is 0 Å². The standard InChI is InChI=1S/C17H25FN2O3/c1-17(2,12-23-3)20-10-8-19(9-11-20)15(16(21)22)13-6-4-5-7-14(13)18/h4-7,15H,8-12H2,1-3H3,(H,21,22). The van der Waals surface area contributed by atoms with Crippen LogP contribution in [0.5, 0.6) is 0 Å². The van der Waals surface area contributed by atoms with Crippen molar-refractivity contribution in [2.75, 3.05) is 39.9 Å². The molecule has 0 aromatic heterocycles. The van der Waals surface area contributed by atoms with Gasteiger partial charge in [0, 0.05) is 44.4 Å². The summed E-state index contributed by atoms with van der Waals surface area (Å²) in [5.41, 5.74) is 0.127. The molecule has 1 saturated heterocycles. The van der Waals surface area contributed by atoms with Gasteiger partial charge >= 0.3 is 5.97 Å². The number of aliphatic carboxylic acids is 1. The summed E-state index contributed by atoms with van der Waals surface area (Å²) in [6.07, 6.45) is 0. The highest BCUT2D eigenvalue weighted by molar-refractivity contribution is 5.75. The number of ether oxygens (including phenoxy) is 1. The SMILES string of the molecule is COCC(C)(C)N1CCN(C(C(=O)O)c2ccccc2F)CC1. The maximum absolute atomic E-state index is 14.0. The number of carboxylic acids is 1. The lowest BCUT2D eigenvalue weighted by Gasteiger charge is -2.45. The molecule has 0 amide bonds. The zero-order valence-corrected chi connectivity index (χ0v) is 14.0. The molecule has 2 rings (SSSR count). The average Bonchev–Trinajstić information content (AvgIpc) is 2.50. The highest BCUT2D eigenvalue weighted by Crippen LogP contribution is 2.26. The summed E-state index contributed by atoms with van der Waals surface area (Å²) in [7, 11) is 1.68. The Hall–Kier alpha value is -1.50. The first-order valence-electron chi connectivity index (χ1n) is 7.82. The van der Waals surface area contributed by atoms with E-state index in [0.29, 0.717) is 19.7 Å². The summed E-state index contributed by atoms with van der Waals surface area (Å²) in [6, 6.07) is 5.16. The van der Waals surface area contributed by atoms with E-state index in [1.165, 1.54) is 6.07 Å². The molecular formula is C17H25FN2O3. The first kappa shape index (κ1) is 17.8. The van der Waals surface area contributed by atoms with Gasteiger partial charge in [0.1, 0.15) is 11.9 Å². The number of piperazine rings is 1. The molecule has 1 aromatic rings. The van der Waals surface area contributed by atoms with Crippen LogP contribution < -0.4 is 0 Å². The van der Waals surface area contributed by atoms with Crippen molar-refractivity contribution in [3.63, 3.8) is 0 Å². The lowest BCUT2D eigenvalue weighted by atomic mass is 10.0. The summed E-state index contributed by atoms with van der Waals surface area (Å²) in [5.74, 6) is -1.48. The molecule has 1 aromatic carbocycles. The number of rotatable bonds is 6. The maximum Gasteiger partial charge on any atom is 0.325 e. The first-order valence-corrected chi connectivity index (χ1v) is 7.82. The predicted octanol–water partition coefficient (Wildman–Crippen LogP) is 1.99. The van der Waals surface area contributed by atoms with E-state index < -0.39 is 17.8 Å². The van der Waals surface area contributed by atoms with Crippen molar-refractivity contribution in [3.05, 3.63) is 35.6 Å². The first-order chi connectivity index (χ1) is 10.9. The molecule has 5 nitrogen and oxygen atoms in total. The van der Waals surface area contributed by atoms with Gasteiger partial charge in [-0.3, -0.25) is 14.6 Å². The van der Waals surface area contributed by atoms with Crippen LogP contribution in [0.15, 0.2) is 24.3 Å². The summed E-state index contributed by atoms with van der Waals surface area (Å²) in [6.45, 7) is 7.46. The molecule has 1 fully saturated rings. The van der Waals surface area contributed by atoms with Crippen LogP contribution in [0, 0.1) is 5.82 Å². The molecule has 128 valence electrons.